The Morgan fingerprint density at radius 3 is 2.08 bits per heavy atom. The molecule has 0 saturated heterocycles. The van der Waals surface area contributed by atoms with Crippen LogP contribution in [0.5, 0.6) is 11.5 Å². The normalized spacial score (nSPS) is 10.4. The van der Waals surface area contributed by atoms with Gasteiger partial charge >= 0.3 is 0 Å². The summed E-state index contributed by atoms with van der Waals surface area (Å²) in [6.07, 6.45) is 3.05. The maximum absolute atomic E-state index is 12.0. The molecule has 2 amide bonds. The number of ether oxygens (including phenoxy) is 2. The van der Waals surface area contributed by atoms with Crippen LogP contribution in [0.3, 0.4) is 0 Å². The van der Waals surface area contributed by atoms with Gasteiger partial charge in [-0.2, -0.15) is 0 Å². The van der Waals surface area contributed by atoms with Crippen LogP contribution in [0.15, 0.2) is 48.5 Å². The van der Waals surface area contributed by atoms with Crippen molar-refractivity contribution < 1.29 is 19.1 Å². The Bertz CT molecular complexity index is 745. The molecule has 0 fully saturated rings. The lowest BCUT2D eigenvalue weighted by Crippen LogP contribution is -2.11. The van der Waals surface area contributed by atoms with Crippen molar-refractivity contribution >= 4 is 23.6 Å². The van der Waals surface area contributed by atoms with Gasteiger partial charge in [0.25, 0.3) is 0 Å². The topological polar surface area (TPSA) is 90.6 Å². The molecule has 0 heterocycles. The highest BCUT2D eigenvalue weighted by Gasteiger charge is 2.03. The van der Waals surface area contributed by atoms with Gasteiger partial charge in [0.05, 0.1) is 14.2 Å². The number of methoxy groups -OCH3 is 2. The zero-order chi connectivity index (χ0) is 17.5. The third kappa shape index (κ3) is 4.61. The SMILES string of the molecule is COc1cc(/C=C/C(=O)Nc2ccc(C(N)=O)cc2)cc(OC)c1. The van der Waals surface area contributed by atoms with Crippen LogP contribution in [0.25, 0.3) is 6.08 Å². The Morgan fingerprint density at radius 1 is 1.00 bits per heavy atom. The van der Waals surface area contributed by atoms with E-state index in [1.165, 1.54) is 6.08 Å². The number of anilines is 1. The van der Waals surface area contributed by atoms with E-state index in [-0.39, 0.29) is 5.91 Å². The first-order valence-corrected chi connectivity index (χ1v) is 7.14. The van der Waals surface area contributed by atoms with Crippen LogP contribution in [-0.2, 0) is 4.79 Å². The van der Waals surface area contributed by atoms with Crippen molar-refractivity contribution in [2.75, 3.05) is 19.5 Å². The second-order valence-electron chi connectivity index (χ2n) is 4.91. The molecule has 0 atom stereocenters. The Morgan fingerprint density at radius 2 is 1.58 bits per heavy atom. The van der Waals surface area contributed by atoms with E-state index in [0.29, 0.717) is 22.7 Å². The molecule has 0 bridgehead atoms. The van der Waals surface area contributed by atoms with Crippen LogP contribution in [0.1, 0.15) is 15.9 Å². The second-order valence-corrected chi connectivity index (χ2v) is 4.91. The van der Waals surface area contributed by atoms with E-state index in [4.69, 9.17) is 15.2 Å². The van der Waals surface area contributed by atoms with Gasteiger partial charge < -0.3 is 20.5 Å². The van der Waals surface area contributed by atoms with Crippen LogP contribution < -0.4 is 20.5 Å². The molecular formula is C18H18N2O4. The fourth-order valence-corrected chi connectivity index (χ4v) is 2.00. The standard InChI is InChI=1S/C18H18N2O4/c1-23-15-9-12(10-16(11-15)24-2)3-8-17(21)20-14-6-4-13(5-7-14)18(19)22/h3-11H,1-2H3,(H2,19,22)(H,20,21)/b8-3+. The van der Waals surface area contributed by atoms with Crippen LogP contribution in [-0.4, -0.2) is 26.0 Å². The molecule has 2 aromatic carbocycles. The Labute approximate surface area is 139 Å². The number of rotatable bonds is 6. The van der Waals surface area contributed by atoms with Gasteiger partial charge in [-0.1, -0.05) is 0 Å². The van der Waals surface area contributed by atoms with Crippen LogP contribution >= 0.6 is 0 Å². The van der Waals surface area contributed by atoms with Crippen LogP contribution in [0.2, 0.25) is 0 Å². The Balaban J connectivity index is 2.06. The zero-order valence-corrected chi connectivity index (χ0v) is 13.4. The summed E-state index contributed by atoms with van der Waals surface area (Å²) in [5, 5.41) is 2.70. The highest BCUT2D eigenvalue weighted by Crippen LogP contribution is 2.23. The van der Waals surface area contributed by atoms with E-state index in [2.05, 4.69) is 5.32 Å². The van der Waals surface area contributed by atoms with E-state index < -0.39 is 5.91 Å². The van der Waals surface area contributed by atoms with Gasteiger partial charge in [-0.15, -0.1) is 0 Å². The monoisotopic (exact) mass is 326 g/mol. The average molecular weight is 326 g/mol. The van der Waals surface area contributed by atoms with Crippen molar-refractivity contribution in [2.24, 2.45) is 5.73 Å². The lowest BCUT2D eigenvalue weighted by atomic mass is 10.1. The minimum Gasteiger partial charge on any atom is -0.497 e. The first kappa shape index (κ1) is 17.1. The summed E-state index contributed by atoms with van der Waals surface area (Å²) in [4.78, 5) is 23.0. The second kappa shape index (κ2) is 7.82. The molecule has 0 unspecified atom stereocenters. The molecule has 6 nitrogen and oxygen atoms in total. The average Bonchev–Trinajstić information content (AvgIpc) is 2.60. The van der Waals surface area contributed by atoms with Crippen LogP contribution in [0.4, 0.5) is 5.69 Å². The van der Waals surface area contributed by atoms with E-state index in [1.54, 1.807) is 62.8 Å². The third-order valence-corrected chi connectivity index (χ3v) is 3.24. The highest BCUT2D eigenvalue weighted by molar-refractivity contribution is 6.02. The maximum Gasteiger partial charge on any atom is 0.248 e. The Hall–Kier alpha value is -3.28. The number of carbonyl (C=O) groups is 2. The molecule has 0 aliphatic rings. The van der Waals surface area contributed by atoms with E-state index in [0.717, 1.165) is 5.56 Å². The molecule has 2 rings (SSSR count). The summed E-state index contributed by atoms with van der Waals surface area (Å²) in [7, 11) is 3.12. The van der Waals surface area contributed by atoms with Crippen molar-refractivity contribution in [2.45, 2.75) is 0 Å². The summed E-state index contributed by atoms with van der Waals surface area (Å²) in [6.45, 7) is 0. The number of amides is 2. The number of nitrogens with two attached hydrogens (primary N) is 1. The smallest absolute Gasteiger partial charge is 0.248 e. The number of primary amides is 1. The number of nitrogens with one attached hydrogen (secondary N) is 1. The van der Waals surface area contributed by atoms with E-state index >= 15 is 0 Å². The van der Waals surface area contributed by atoms with E-state index in [9.17, 15) is 9.59 Å². The molecule has 0 aromatic heterocycles. The predicted octanol–water partition coefficient (Wildman–Crippen LogP) is 2.45. The number of hydrogen-bond donors (Lipinski definition) is 2. The summed E-state index contributed by atoms with van der Waals surface area (Å²) in [5.41, 5.74) is 6.88. The quantitative estimate of drug-likeness (QED) is 0.798. The maximum atomic E-state index is 12.0. The summed E-state index contributed by atoms with van der Waals surface area (Å²) in [6, 6.07) is 11.6. The molecule has 0 aliphatic carbocycles. The van der Waals surface area contributed by atoms with Crippen molar-refractivity contribution in [1.82, 2.24) is 0 Å². The molecule has 6 heteroatoms. The highest BCUT2D eigenvalue weighted by atomic mass is 16.5. The fourth-order valence-electron chi connectivity index (χ4n) is 2.00. The molecule has 0 aliphatic heterocycles. The minimum atomic E-state index is -0.514. The van der Waals surface area contributed by atoms with Gasteiger partial charge in [-0.3, -0.25) is 9.59 Å². The predicted molar refractivity (Wildman–Crippen MR) is 92.2 cm³/mol. The van der Waals surface area contributed by atoms with E-state index in [1.807, 2.05) is 0 Å². The van der Waals surface area contributed by atoms with Gasteiger partial charge in [-0.25, -0.2) is 0 Å². The first-order chi connectivity index (χ1) is 11.5. The summed E-state index contributed by atoms with van der Waals surface area (Å²) in [5.74, 6) is 0.455. The lowest BCUT2D eigenvalue weighted by Gasteiger charge is -2.06. The number of carbonyl (C=O) groups excluding carboxylic acids is 2. The molecule has 124 valence electrons. The molecule has 0 spiro atoms. The van der Waals surface area contributed by atoms with Crippen molar-refractivity contribution in [3.8, 4) is 11.5 Å². The number of benzene rings is 2. The van der Waals surface area contributed by atoms with Gasteiger partial charge in [0.1, 0.15) is 11.5 Å². The van der Waals surface area contributed by atoms with Crippen LogP contribution in [0, 0.1) is 0 Å². The number of hydrogen-bond acceptors (Lipinski definition) is 4. The van der Waals surface area contributed by atoms with Crippen molar-refractivity contribution in [3.05, 3.63) is 59.7 Å². The fraction of sp³-hybridized carbons (Fsp3) is 0.111. The van der Waals surface area contributed by atoms with Gasteiger partial charge in [0.15, 0.2) is 0 Å². The largest absolute Gasteiger partial charge is 0.497 e. The summed E-state index contributed by atoms with van der Waals surface area (Å²) >= 11 is 0. The molecule has 0 saturated carbocycles. The first-order valence-electron chi connectivity index (χ1n) is 7.14. The molecular weight excluding hydrogens is 308 g/mol. The van der Waals surface area contributed by atoms with Gasteiger partial charge in [0.2, 0.25) is 11.8 Å². The lowest BCUT2D eigenvalue weighted by molar-refractivity contribution is -0.111. The minimum absolute atomic E-state index is 0.302. The van der Waals surface area contributed by atoms with Gasteiger partial charge in [0, 0.05) is 23.4 Å². The van der Waals surface area contributed by atoms with Gasteiger partial charge in [-0.05, 0) is 48.0 Å². The third-order valence-electron chi connectivity index (χ3n) is 3.24. The zero-order valence-electron chi connectivity index (χ0n) is 13.4. The van der Waals surface area contributed by atoms with Crippen molar-refractivity contribution in [1.29, 1.82) is 0 Å². The Kier molecular flexibility index (Phi) is 5.57. The molecule has 24 heavy (non-hydrogen) atoms. The molecule has 0 radical (unpaired) electrons. The summed E-state index contributed by atoms with van der Waals surface area (Å²) < 4.78 is 10.4. The molecule has 2 aromatic rings. The molecule has 3 N–H and O–H groups in total. The van der Waals surface area contributed by atoms with Crippen molar-refractivity contribution in [3.63, 3.8) is 0 Å².